The van der Waals surface area contributed by atoms with Crippen LogP contribution in [0, 0.1) is 0 Å². The molecule has 0 fully saturated rings. The average Bonchev–Trinajstić information content (AvgIpc) is 3.18. The molecule has 0 radical (unpaired) electrons. The third-order valence-corrected chi connectivity index (χ3v) is 8.84. The lowest BCUT2D eigenvalue weighted by molar-refractivity contribution is -0.150. The van der Waals surface area contributed by atoms with E-state index in [0.29, 0.717) is 32.2 Å². The van der Waals surface area contributed by atoms with Crippen molar-refractivity contribution in [1.29, 1.82) is 0 Å². The Kier molecular flexibility index (Phi) is 39.2. The maximum absolute atomic E-state index is 12.8. The van der Waals surface area contributed by atoms with E-state index in [4.69, 9.17) is 10.5 Å². The van der Waals surface area contributed by atoms with Crippen LogP contribution >= 0.6 is 0 Å². The number of rotatable bonds is 37. The Morgan fingerprint density at radius 1 is 0.518 bits per heavy atom. The third-order valence-electron chi connectivity index (χ3n) is 8.84. The summed E-state index contributed by atoms with van der Waals surface area (Å²) in [5.74, 6) is -1.36. The zero-order chi connectivity index (χ0) is 41.0. The number of allylic oxidation sites excluding steroid dienone is 18. The Bertz CT molecular complexity index is 1240. The summed E-state index contributed by atoms with van der Waals surface area (Å²) in [6, 6.07) is -0.875. The fourth-order valence-electron chi connectivity index (χ4n) is 5.65. The van der Waals surface area contributed by atoms with E-state index < -0.39 is 12.0 Å². The van der Waals surface area contributed by atoms with Gasteiger partial charge in [-0.2, -0.15) is 0 Å². The maximum Gasteiger partial charge on any atom is 0.326 e. The predicted octanol–water partition coefficient (Wildman–Crippen LogP) is 12.4. The van der Waals surface area contributed by atoms with Gasteiger partial charge >= 0.3 is 11.9 Å². The number of carboxylic acids is 1. The number of unbranched alkanes of at least 4 members (excludes halogenated alkanes) is 5. The molecule has 0 rings (SSSR count). The van der Waals surface area contributed by atoms with E-state index in [1.807, 2.05) is 0 Å². The van der Waals surface area contributed by atoms with Crippen LogP contribution in [0.5, 0.6) is 0 Å². The summed E-state index contributed by atoms with van der Waals surface area (Å²) in [6.45, 7) is 4.69. The molecule has 314 valence electrons. The maximum atomic E-state index is 12.8. The molecule has 0 heterocycles. The molecule has 2 atom stereocenters. The molecule has 2 unspecified atom stereocenters. The summed E-state index contributed by atoms with van der Waals surface area (Å²) < 4.78 is 5.97. The fourth-order valence-corrected chi connectivity index (χ4v) is 5.65. The molecular weight excluding hydrogens is 697 g/mol. The van der Waals surface area contributed by atoms with Crippen LogP contribution in [0.3, 0.4) is 0 Å². The first kappa shape index (κ1) is 52.0. The Morgan fingerprint density at radius 2 is 0.964 bits per heavy atom. The van der Waals surface area contributed by atoms with Gasteiger partial charge in [0.15, 0.2) is 0 Å². The number of amides is 1. The zero-order valence-electron chi connectivity index (χ0n) is 35.2. The molecule has 0 saturated heterocycles. The van der Waals surface area contributed by atoms with Crippen molar-refractivity contribution in [3.8, 4) is 0 Å². The van der Waals surface area contributed by atoms with E-state index in [1.54, 1.807) is 0 Å². The minimum absolute atomic E-state index is 0.101. The Balaban J connectivity index is 4.57. The van der Waals surface area contributed by atoms with Crippen molar-refractivity contribution < 1.29 is 24.2 Å². The Hall–Kier alpha value is -3.97. The van der Waals surface area contributed by atoms with E-state index in [1.165, 1.54) is 0 Å². The molecule has 1 amide bonds. The summed E-state index contributed by atoms with van der Waals surface area (Å²) in [7, 11) is 0. The number of aliphatic carboxylic acids is 1. The largest absolute Gasteiger partial charge is 0.480 e. The molecular formula is C49H78N2O5. The van der Waals surface area contributed by atoms with Gasteiger partial charge in [0.1, 0.15) is 12.1 Å². The second-order valence-electron chi connectivity index (χ2n) is 14.0. The van der Waals surface area contributed by atoms with Crippen LogP contribution in [0.4, 0.5) is 0 Å². The number of esters is 1. The van der Waals surface area contributed by atoms with Crippen molar-refractivity contribution in [2.75, 3.05) is 6.54 Å². The van der Waals surface area contributed by atoms with Crippen molar-refractivity contribution in [2.24, 2.45) is 5.73 Å². The molecule has 0 bridgehead atoms. The Morgan fingerprint density at radius 3 is 1.45 bits per heavy atom. The summed E-state index contributed by atoms with van der Waals surface area (Å²) in [5.41, 5.74) is 5.48. The van der Waals surface area contributed by atoms with Gasteiger partial charge in [-0.25, -0.2) is 4.79 Å². The smallest absolute Gasteiger partial charge is 0.326 e. The van der Waals surface area contributed by atoms with Crippen molar-refractivity contribution in [2.45, 2.75) is 174 Å². The van der Waals surface area contributed by atoms with Crippen molar-refractivity contribution in [3.05, 3.63) is 109 Å². The normalized spacial score (nSPS) is 13.8. The predicted molar refractivity (Wildman–Crippen MR) is 238 cm³/mol. The lowest BCUT2D eigenvalue weighted by atomic mass is 10.0. The quantitative estimate of drug-likeness (QED) is 0.0328. The topological polar surface area (TPSA) is 119 Å². The average molecular weight is 775 g/mol. The summed E-state index contributed by atoms with van der Waals surface area (Å²) >= 11 is 0. The summed E-state index contributed by atoms with van der Waals surface area (Å²) in [5, 5.41) is 11.9. The van der Waals surface area contributed by atoms with Crippen molar-refractivity contribution in [1.82, 2.24) is 5.32 Å². The van der Waals surface area contributed by atoms with Crippen LogP contribution in [-0.4, -0.2) is 41.6 Å². The first-order chi connectivity index (χ1) is 27.4. The lowest BCUT2D eigenvalue weighted by Gasteiger charge is -2.17. The van der Waals surface area contributed by atoms with Gasteiger partial charge in [0.2, 0.25) is 5.91 Å². The van der Waals surface area contributed by atoms with Gasteiger partial charge in [-0.1, -0.05) is 142 Å². The van der Waals surface area contributed by atoms with Gasteiger partial charge in [-0.15, -0.1) is 0 Å². The molecule has 0 saturated carbocycles. The lowest BCUT2D eigenvalue weighted by Crippen LogP contribution is -2.40. The molecule has 0 aromatic rings. The monoisotopic (exact) mass is 775 g/mol. The number of hydrogen-bond acceptors (Lipinski definition) is 5. The molecule has 4 N–H and O–H groups in total. The van der Waals surface area contributed by atoms with Gasteiger partial charge in [-0.05, 0) is 122 Å². The second-order valence-corrected chi connectivity index (χ2v) is 14.0. The molecule has 0 aliphatic carbocycles. The van der Waals surface area contributed by atoms with E-state index in [9.17, 15) is 19.5 Å². The summed E-state index contributed by atoms with van der Waals surface area (Å²) in [4.78, 5) is 36.4. The third kappa shape index (κ3) is 38.3. The number of nitrogens with one attached hydrogen (secondary N) is 1. The number of hydrogen-bond donors (Lipinski definition) is 3. The van der Waals surface area contributed by atoms with E-state index in [2.05, 4.69) is 129 Å². The van der Waals surface area contributed by atoms with Gasteiger partial charge in [-0.3, -0.25) is 9.59 Å². The number of carbonyl (C=O) groups excluding carboxylic acids is 2. The highest BCUT2D eigenvalue weighted by Gasteiger charge is 2.19. The highest BCUT2D eigenvalue weighted by atomic mass is 16.5. The molecule has 7 heteroatoms. The van der Waals surface area contributed by atoms with Gasteiger partial charge in [0.05, 0.1) is 0 Å². The van der Waals surface area contributed by atoms with Gasteiger partial charge in [0.25, 0.3) is 0 Å². The van der Waals surface area contributed by atoms with Crippen LogP contribution in [0.1, 0.15) is 162 Å². The molecule has 56 heavy (non-hydrogen) atoms. The zero-order valence-corrected chi connectivity index (χ0v) is 35.2. The van der Waals surface area contributed by atoms with Crippen LogP contribution in [0.15, 0.2) is 109 Å². The number of carbonyl (C=O) groups is 3. The highest BCUT2D eigenvalue weighted by molar-refractivity contribution is 5.83. The second kappa shape index (κ2) is 42.2. The first-order valence-corrected chi connectivity index (χ1v) is 21.7. The SMILES string of the molecule is CC/C=C\C/C=C\C/C=C\C/C=C\C/C=C\CCCC(=O)OC(CC/C=C\C/C=C\C/C=C\C/C=C\CC)CCCCCCCC(=O)NC(CCCN)C(=O)O. The number of ether oxygens (including phenoxy) is 1. The number of carboxylic acid groups (broad SMARTS) is 1. The van der Waals surface area contributed by atoms with Crippen LogP contribution in [-0.2, 0) is 19.1 Å². The highest BCUT2D eigenvalue weighted by Crippen LogP contribution is 2.16. The van der Waals surface area contributed by atoms with E-state index in [-0.39, 0.29) is 18.0 Å². The molecule has 0 aliphatic rings. The minimum Gasteiger partial charge on any atom is -0.480 e. The molecule has 7 nitrogen and oxygen atoms in total. The summed E-state index contributed by atoms with van der Waals surface area (Å²) in [6.07, 6.45) is 58.5. The first-order valence-electron chi connectivity index (χ1n) is 21.7. The fraction of sp³-hybridized carbons (Fsp3) is 0.571. The van der Waals surface area contributed by atoms with Crippen LogP contribution in [0.25, 0.3) is 0 Å². The minimum atomic E-state index is -1.02. The van der Waals surface area contributed by atoms with Gasteiger partial charge in [0, 0.05) is 12.8 Å². The van der Waals surface area contributed by atoms with Crippen molar-refractivity contribution >= 4 is 17.8 Å². The Labute approximate surface area is 341 Å². The number of nitrogens with two attached hydrogens (primary N) is 1. The van der Waals surface area contributed by atoms with E-state index >= 15 is 0 Å². The van der Waals surface area contributed by atoms with E-state index in [0.717, 1.165) is 122 Å². The van der Waals surface area contributed by atoms with Crippen LogP contribution in [0.2, 0.25) is 0 Å². The standard InChI is InChI=1S/C49H78N2O5/c1-3-5-7-9-11-13-15-17-18-19-20-22-24-26-28-33-37-43-48(53)56-45(39-34-30-27-25-23-21-16-14-12-10-8-6-4-2)40-35-31-29-32-36-42-47(52)51-46(49(54)55)41-38-44-50/h5-8,11-14,17-18,20-23,26-28,30,45-46H,3-4,9-10,15-16,19,24-25,29,31-44,50H2,1-2H3,(H,51,52)(H,54,55)/b7-5-,8-6-,13-11-,14-12-,18-17-,22-20-,23-21-,28-26-,30-27-. The molecule has 0 spiro atoms. The molecule has 0 aliphatic heterocycles. The molecule has 0 aromatic carbocycles. The molecule has 0 aromatic heterocycles. The van der Waals surface area contributed by atoms with Gasteiger partial charge < -0.3 is 20.9 Å². The van der Waals surface area contributed by atoms with Crippen molar-refractivity contribution in [3.63, 3.8) is 0 Å². The van der Waals surface area contributed by atoms with Crippen LogP contribution < -0.4 is 11.1 Å².